The second-order valence-corrected chi connectivity index (χ2v) is 3.29. The Morgan fingerprint density at radius 3 is 2.31 bits per heavy atom. The molecule has 0 saturated carbocycles. The second kappa shape index (κ2) is 7.64. The summed E-state index contributed by atoms with van der Waals surface area (Å²) in [5, 5.41) is 16.1. The average Bonchev–Trinajstić information content (AvgIpc) is 2.71. The van der Waals surface area contributed by atoms with Crippen LogP contribution in [0, 0.1) is 0 Å². The number of rotatable bonds is 4. The SMILES string of the molecule is C=C(CC1CCCO1)C(=O)O.C=CC(=O)O. The predicted octanol–water partition coefficient (Wildman–Crippen LogP) is 1.45. The van der Waals surface area contributed by atoms with Gasteiger partial charge in [-0.25, -0.2) is 9.59 Å². The highest BCUT2D eigenvalue weighted by Gasteiger charge is 2.18. The van der Waals surface area contributed by atoms with E-state index in [-0.39, 0.29) is 11.7 Å². The van der Waals surface area contributed by atoms with E-state index in [4.69, 9.17) is 14.9 Å². The Kier molecular flexibility index (Phi) is 6.87. The van der Waals surface area contributed by atoms with E-state index in [2.05, 4.69) is 13.2 Å². The van der Waals surface area contributed by atoms with Crippen LogP contribution in [0.4, 0.5) is 0 Å². The lowest BCUT2D eigenvalue weighted by Crippen LogP contribution is -2.10. The predicted molar refractivity (Wildman–Crippen MR) is 58.2 cm³/mol. The van der Waals surface area contributed by atoms with Crippen molar-refractivity contribution in [2.45, 2.75) is 25.4 Å². The fourth-order valence-corrected chi connectivity index (χ4v) is 1.17. The molecule has 1 atom stereocenters. The third-order valence-electron chi connectivity index (χ3n) is 1.98. The molecule has 0 radical (unpaired) electrons. The van der Waals surface area contributed by atoms with Gasteiger partial charge in [0.2, 0.25) is 0 Å². The smallest absolute Gasteiger partial charge is 0.331 e. The summed E-state index contributed by atoms with van der Waals surface area (Å²) in [6.07, 6.45) is 3.40. The van der Waals surface area contributed by atoms with Crippen LogP contribution in [-0.4, -0.2) is 34.9 Å². The summed E-state index contributed by atoms with van der Waals surface area (Å²) in [7, 11) is 0. The van der Waals surface area contributed by atoms with Gasteiger partial charge in [0.25, 0.3) is 0 Å². The molecule has 0 aromatic rings. The summed E-state index contributed by atoms with van der Waals surface area (Å²) in [6.45, 7) is 7.16. The molecule has 1 saturated heterocycles. The maximum Gasteiger partial charge on any atom is 0.331 e. The summed E-state index contributed by atoms with van der Waals surface area (Å²) in [5.74, 6) is -1.90. The minimum absolute atomic E-state index is 0.0959. The molecule has 5 heteroatoms. The zero-order valence-corrected chi connectivity index (χ0v) is 9.02. The number of carboxylic acid groups (broad SMARTS) is 2. The molecule has 5 nitrogen and oxygen atoms in total. The Labute approximate surface area is 94.0 Å². The molecule has 0 aromatic heterocycles. The van der Waals surface area contributed by atoms with E-state index in [0.717, 1.165) is 25.5 Å². The largest absolute Gasteiger partial charge is 0.478 e. The molecule has 2 N–H and O–H groups in total. The minimum Gasteiger partial charge on any atom is -0.478 e. The number of carboxylic acids is 2. The van der Waals surface area contributed by atoms with E-state index in [9.17, 15) is 9.59 Å². The van der Waals surface area contributed by atoms with Crippen molar-refractivity contribution in [3.8, 4) is 0 Å². The third-order valence-corrected chi connectivity index (χ3v) is 1.98. The Balaban J connectivity index is 0.000000385. The number of hydrogen-bond acceptors (Lipinski definition) is 3. The van der Waals surface area contributed by atoms with Crippen LogP contribution in [0.3, 0.4) is 0 Å². The summed E-state index contributed by atoms with van der Waals surface area (Å²) >= 11 is 0. The fourth-order valence-electron chi connectivity index (χ4n) is 1.17. The van der Waals surface area contributed by atoms with Crippen molar-refractivity contribution in [3.05, 3.63) is 24.8 Å². The normalized spacial score (nSPS) is 18.1. The van der Waals surface area contributed by atoms with Gasteiger partial charge in [0.15, 0.2) is 0 Å². The monoisotopic (exact) mass is 228 g/mol. The summed E-state index contributed by atoms with van der Waals surface area (Å²) in [4.78, 5) is 19.6. The minimum atomic E-state index is -0.981. The van der Waals surface area contributed by atoms with Crippen LogP contribution in [0.2, 0.25) is 0 Å². The first-order chi connectivity index (χ1) is 7.47. The molecule has 1 aliphatic rings. The molecule has 0 amide bonds. The number of ether oxygens (including phenoxy) is 1. The Morgan fingerprint density at radius 2 is 2.00 bits per heavy atom. The summed E-state index contributed by atoms with van der Waals surface area (Å²) < 4.78 is 5.25. The van der Waals surface area contributed by atoms with Crippen LogP contribution in [-0.2, 0) is 14.3 Å². The van der Waals surface area contributed by atoms with Gasteiger partial charge in [-0.1, -0.05) is 13.2 Å². The fraction of sp³-hybridized carbons (Fsp3) is 0.455. The summed E-state index contributed by atoms with van der Waals surface area (Å²) in [5.41, 5.74) is 0.247. The van der Waals surface area contributed by atoms with Gasteiger partial charge in [0.05, 0.1) is 6.10 Å². The Morgan fingerprint density at radius 1 is 1.44 bits per heavy atom. The first-order valence-electron chi connectivity index (χ1n) is 4.85. The zero-order valence-electron chi connectivity index (χ0n) is 9.02. The van der Waals surface area contributed by atoms with Crippen molar-refractivity contribution >= 4 is 11.9 Å². The van der Waals surface area contributed by atoms with E-state index >= 15 is 0 Å². The Hall–Kier alpha value is -1.62. The first kappa shape index (κ1) is 14.4. The van der Waals surface area contributed by atoms with Gasteiger partial charge in [-0.05, 0) is 12.8 Å². The zero-order chi connectivity index (χ0) is 12.6. The molecular weight excluding hydrogens is 212 g/mol. The van der Waals surface area contributed by atoms with Gasteiger partial charge in [-0.15, -0.1) is 0 Å². The molecule has 1 fully saturated rings. The standard InChI is InChI=1S/C8H12O3.C3H4O2/c1-6(8(9)10)5-7-3-2-4-11-7;1-2-3(4)5/h7H,1-5H2,(H,9,10);2H,1H2,(H,4,5). The van der Waals surface area contributed by atoms with Crippen molar-refractivity contribution < 1.29 is 24.5 Å². The van der Waals surface area contributed by atoms with Crippen molar-refractivity contribution in [3.63, 3.8) is 0 Å². The molecule has 1 rings (SSSR count). The van der Waals surface area contributed by atoms with Gasteiger partial charge in [0.1, 0.15) is 0 Å². The highest BCUT2D eigenvalue weighted by Crippen LogP contribution is 2.18. The van der Waals surface area contributed by atoms with Gasteiger partial charge in [-0.2, -0.15) is 0 Å². The van der Waals surface area contributed by atoms with E-state index < -0.39 is 11.9 Å². The van der Waals surface area contributed by atoms with Crippen molar-refractivity contribution in [1.82, 2.24) is 0 Å². The molecule has 90 valence electrons. The van der Waals surface area contributed by atoms with E-state index in [0.29, 0.717) is 6.42 Å². The lowest BCUT2D eigenvalue weighted by molar-refractivity contribution is -0.133. The summed E-state index contributed by atoms with van der Waals surface area (Å²) in [6, 6.07) is 0. The van der Waals surface area contributed by atoms with Crippen molar-refractivity contribution in [2.75, 3.05) is 6.61 Å². The van der Waals surface area contributed by atoms with Crippen LogP contribution < -0.4 is 0 Å². The average molecular weight is 228 g/mol. The quantitative estimate of drug-likeness (QED) is 0.711. The van der Waals surface area contributed by atoms with E-state index in [1.54, 1.807) is 0 Å². The van der Waals surface area contributed by atoms with Crippen LogP contribution in [0.5, 0.6) is 0 Å². The molecule has 0 bridgehead atoms. The first-order valence-corrected chi connectivity index (χ1v) is 4.85. The van der Waals surface area contributed by atoms with E-state index in [1.165, 1.54) is 0 Å². The molecular formula is C11H16O5. The van der Waals surface area contributed by atoms with Crippen LogP contribution >= 0.6 is 0 Å². The molecule has 1 aliphatic heterocycles. The van der Waals surface area contributed by atoms with Crippen LogP contribution in [0.15, 0.2) is 24.8 Å². The van der Waals surface area contributed by atoms with Gasteiger partial charge >= 0.3 is 11.9 Å². The molecule has 0 aromatic carbocycles. The van der Waals surface area contributed by atoms with Crippen LogP contribution in [0.1, 0.15) is 19.3 Å². The Bertz CT molecular complexity index is 276. The molecule has 16 heavy (non-hydrogen) atoms. The third kappa shape index (κ3) is 6.78. The maximum absolute atomic E-state index is 10.3. The second-order valence-electron chi connectivity index (χ2n) is 3.29. The lowest BCUT2D eigenvalue weighted by Gasteiger charge is -2.07. The molecule has 1 unspecified atom stereocenters. The molecule has 0 aliphatic carbocycles. The van der Waals surface area contributed by atoms with Gasteiger partial charge < -0.3 is 14.9 Å². The van der Waals surface area contributed by atoms with Gasteiger partial charge in [-0.3, -0.25) is 0 Å². The van der Waals surface area contributed by atoms with Crippen molar-refractivity contribution in [2.24, 2.45) is 0 Å². The maximum atomic E-state index is 10.3. The van der Waals surface area contributed by atoms with E-state index in [1.807, 2.05) is 0 Å². The highest BCUT2D eigenvalue weighted by molar-refractivity contribution is 5.85. The van der Waals surface area contributed by atoms with Crippen molar-refractivity contribution in [1.29, 1.82) is 0 Å². The highest BCUT2D eigenvalue weighted by atomic mass is 16.5. The lowest BCUT2D eigenvalue weighted by atomic mass is 10.1. The number of hydrogen-bond donors (Lipinski definition) is 2. The van der Waals surface area contributed by atoms with Gasteiger partial charge in [0, 0.05) is 24.7 Å². The van der Waals surface area contributed by atoms with Crippen LogP contribution in [0.25, 0.3) is 0 Å². The molecule has 0 spiro atoms. The topological polar surface area (TPSA) is 83.8 Å². The number of carbonyl (C=O) groups is 2. The molecule has 1 heterocycles. The number of aliphatic carboxylic acids is 2.